The molecule has 0 radical (unpaired) electrons. The highest BCUT2D eigenvalue weighted by Crippen LogP contribution is 2.22. The van der Waals surface area contributed by atoms with E-state index in [2.05, 4.69) is 6.58 Å². The molecule has 0 bridgehead atoms. The van der Waals surface area contributed by atoms with E-state index < -0.39 is 17.2 Å². The molecule has 0 amide bonds. The molecule has 1 atom stereocenters. The second-order valence-electron chi connectivity index (χ2n) is 3.11. The molecule has 0 aliphatic rings. The first-order chi connectivity index (χ1) is 5.97. The first-order valence-electron chi connectivity index (χ1n) is 3.85. The van der Waals surface area contributed by atoms with Gasteiger partial charge in [0, 0.05) is 5.56 Å². The van der Waals surface area contributed by atoms with Crippen molar-refractivity contribution < 1.29 is 8.78 Å². The zero-order chi connectivity index (χ0) is 10.1. The summed E-state index contributed by atoms with van der Waals surface area (Å²) in [5.74, 6) is -1.03. The maximum absolute atomic E-state index is 13.2. The number of hydrogen-bond donors (Lipinski definition) is 1. The molecule has 70 valence electrons. The van der Waals surface area contributed by atoms with Crippen LogP contribution in [0.4, 0.5) is 8.78 Å². The monoisotopic (exact) mass is 183 g/mol. The average molecular weight is 183 g/mol. The molecular weight excluding hydrogens is 172 g/mol. The van der Waals surface area contributed by atoms with Gasteiger partial charge in [0.05, 0.1) is 5.54 Å². The van der Waals surface area contributed by atoms with Gasteiger partial charge in [-0.25, -0.2) is 8.78 Å². The van der Waals surface area contributed by atoms with Crippen molar-refractivity contribution in [2.24, 2.45) is 5.73 Å². The second kappa shape index (κ2) is 3.26. The minimum atomic E-state index is -1.04. The third-order valence-electron chi connectivity index (χ3n) is 1.93. The molecule has 3 heteroatoms. The fraction of sp³-hybridized carbons (Fsp3) is 0.200. The quantitative estimate of drug-likeness (QED) is 0.699. The number of rotatable bonds is 2. The molecule has 0 aliphatic heterocycles. The summed E-state index contributed by atoms with van der Waals surface area (Å²) in [5.41, 5.74) is 4.76. The predicted octanol–water partition coefficient (Wildman–Crippen LogP) is 2.32. The molecule has 0 heterocycles. The minimum Gasteiger partial charge on any atom is -0.318 e. The smallest absolute Gasteiger partial charge is 0.128 e. The summed E-state index contributed by atoms with van der Waals surface area (Å²) in [4.78, 5) is 0. The van der Waals surface area contributed by atoms with E-state index >= 15 is 0 Å². The molecule has 2 N–H and O–H groups in total. The summed E-state index contributed by atoms with van der Waals surface area (Å²) in [6.45, 7) is 5.03. The van der Waals surface area contributed by atoms with E-state index in [9.17, 15) is 8.78 Å². The molecule has 0 aromatic heterocycles. The Labute approximate surface area is 75.9 Å². The lowest BCUT2D eigenvalue weighted by molar-refractivity contribution is 0.530. The zero-order valence-electron chi connectivity index (χ0n) is 7.35. The van der Waals surface area contributed by atoms with Gasteiger partial charge in [-0.2, -0.15) is 0 Å². The molecule has 1 unspecified atom stereocenters. The van der Waals surface area contributed by atoms with Gasteiger partial charge in [-0.1, -0.05) is 6.08 Å². The molecule has 13 heavy (non-hydrogen) atoms. The van der Waals surface area contributed by atoms with Crippen LogP contribution in [0.1, 0.15) is 12.5 Å². The van der Waals surface area contributed by atoms with E-state index in [-0.39, 0.29) is 5.56 Å². The molecule has 1 rings (SSSR count). The van der Waals surface area contributed by atoms with Gasteiger partial charge in [0.25, 0.3) is 0 Å². The van der Waals surface area contributed by atoms with Gasteiger partial charge in [0.15, 0.2) is 0 Å². The lowest BCUT2D eigenvalue weighted by atomic mass is 9.93. The van der Waals surface area contributed by atoms with Crippen molar-refractivity contribution in [3.8, 4) is 0 Å². The van der Waals surface area contributed by atoms with Crippen molar-refractivity contribution in [3.63, 3.8) is 0 Å². The normalized spacial score (nSPS) is 15.1. The van der Waals surface area contributed by atoms with Crippen molar-refractivity contribution >= 4 is 0 Å². The molecule has 0 spiro atoms. The van der Waals surface area contributed by atoms with Gasteiger partial charge in [-0.15, -0.1) is 6.58 Å². The predicted molar refractivity (Wildman–Crippen MR) is 48.1 cm³/mol. The summed E-state index contributed by atoms with van der Waals surface area (Å²) in [5, 5.41) is 0. The summed E-state index contributed by atoms with van der Waals surface area (Å²) < 4.78 is 25.9. The van der Waals surface area contributed by atoms with Gasteiger partial charge >= 0.3 is 0 Å². The van der Waals surface area contributed by atoms with Crippen LogP contribution in [-0.2, 0) is 5.54 Å². The van der Waals surface area contributed by atoms with Crippen LogP contribution in [0.3, 0.4) is 0 Å². The van der Waals surface area contributed by atoms with Gasteiger partial charge in [0.2, 0.25) is 0 Å². The van der Waals surface area contributed by atoms with E-state index in [1.54, 1.807) is 6.92 Å². The lowest BCUT2D eigenvalue weighted by Gasteiger charge is -2.20. The highest BCUT2D eigenvalue weighted by molar-refractivity contribution is 5.29. The van der Waals surface area contributed by atoms with Gasteiger partial charge < -0.3 is 5.73 Å². The van der Waals surface area contributed by atoms with Gasteiger partial charge in [0.1, 0.15) is 11.6 Å². The van der Waals surface area contributed by atoms with Gasteiger partial charge in [-0.3, -0.25) is 0 Å². The van der Waals surface area contributed by atoms with Crippen molar-refractivity contribution in [3.05, 3.63) is 48.1 Å². The van der Waals surface area contributed by atoms with Crippen LogP contribution in [0, 0.1) is 11.6 Å². The van der Waals surface area contributed by atoms with Crippen molar-refractivity contribution in [1.29, 1.82) is 0 Å². The Bertz CT molecular complexity index is 332. The summed E-state index contributed by atoms with van der Waals surface area (Å²) >= 11 is 0. The summed E-state index contributed by atoms with van der Waals surface area (Å²) in [6, 6.07) is 3.19. The number of nitrogens with two attached hydrogens (primary N) is 1. The zero-order valence-corrected chi connectivity index (χ0v) is 7.35. The molecule has 0 saturated heterocycles. The Morgan fingerprint density at radius 3 is 2.62 bits per heavy atom. The van der Waals surface area contributed by atoms with E-state index in [0.29, 0.717) is 0 Å². The van der Waals surface area contributed by atoms with Crippen LogP contribution in [0.25, 0.3) is 0 Å². The number of hydrogen-bond acceptors (Lipinski definition) is 1. The van der Waals surface area contributed by atoms with Crippen LogP contribution < -0.4 is 5.73 Å². The standard InChI is InChI=1S/C10H11F2N/c1-3-10(2,13)8-6-7(11)4-5-9(8)12/h3-6H,1,13H2,2H3. The summed E-state index contributed by atoms with van der Waals surface area (Å²) in [6.07, 6.45) is 1.38. The first-order valence-corrected chi connectivity index (χ1v) is 3.85. The fourth-order valence-corrected chi connectivity index (χ4v) is 1.02. The summed E-state index contributed by atoms with van der Waals surface area (Å²) in [7, 11) is 0. The second-order valence-corrected chi connectivity index (χ2v) is 3.11. The molecule has 0 aliphatic carbocycles. The van der Waals surface area contributed by atoms with Crippen molar-refractivity contribution in [2.75, 3.05) is 0 Å². The van der Waals surface area contributed by atoms with Crippen molar-refractivity contribution in [1.82, 2.24) is 0 Å². The van der Waals surface area contributed by atoms with Crippen molar-refractivity contribution in [2.45, 2.75) is 12.5 Å². The number of benzene rings is 1. The Kier molecular flexibility index (Phi) is 2.48. The Morgan fingerprint density at radius 1 is 1.46 bits per heavy atom. The molecule has 1 aromatic rings. The third kappa shape index (κ3) is 1.92. The molecule has 1 aromatic carbocycles. The topological polar surface area (TPSA) is 26.0 Å². The average Bonchev–Trinajstić information content (AvgIpc) is 2.09. The van der Waals surface area contributed by atoms with E-state index in [0.717, 1.165) is 18.2 Å². The van der Waals surface area contributed by atoms with Crippen LogP contribution in [0.5, 0.6) is 0 Å². The Hall–Kier alpha value is -1.22. The molecule has 0 saturated carbocycles. The number of halogens is 2. The van der Waals surface area contributed by atoms with Gasteiger partial charge in [-0.05, 0) is 25.1 Å². The SMILES string of the molecule is C=CC(C)(N)c1cc(F)ccc1F. The Balaban J connectivity index is 3.28. The van der Waals surface area contributed by atoms with Crippen LogP contribution in [0.2, 0.25) is 0 Å². The fourth-order valence-electron chi connectivity index (χ4n) is 1.02. The highest BCUT2D eigenvalue weighted by Gasteiger charge is 2.21. The lowest BCUT2D eigenvalue weighted by Crippen LogP contribution is -2.31. The first kappa shape index (κ1) is 9.86. The van der Waals surface area contributed by atoms with Crippen LogP contribution in [0.15, 0.2) is 30.9 Å². The molecule has 0 fully saturated rings. The minimum absolute atomic E-state index is 0.113. The largest absolute Gasteiger partial charge is 0.318 e. The van der Waals surface area contributed by atoms with Crippen LogP contribution in [-0.4, -0.2) is 0 Å². The van der Waals surface area contributed by atoms with E-state index in [1.165, 1.54) is 6.08 Å². The Morgan fingerprint density at radius 2 is 2.08 bits per heavy atom. The maximum Gasteiger partial charge on any atom is 0.128 e. The highest BCUT2D eigenvalue weighted by atomic mass is 19.1. The van der Waals surface area contributed by atoms with E-state index in [1.807, 2.05) is 0 Å². The van der Waals surface area contributed by atoms with E-state index in [4.69, 9.17) is 5.73 Å². The van der Waals surface area contributed by atoms with Crippen LogP contribution >= 0.6 is 0 Å². The third-order valence-corrected chi connectivity index (χ3v) is 1.93. The maximum atomic E-state index is 13.2. The molecular formula is C10H11F2N. The molecule has 1 nitrogen and oxygen atoms in total.